The molecular weight excluding hydrogens is 510 g/mol. The summed E-state index contributed by atoms with van der Waals surface area (Å²) in [5.74, 6) is -0.0443. The minimum absolute atomic E-state index is 0.0916. The third-order valence-electron chi connectivity index (χ3n) is 7.82. The van der Waals surface area contributed by atoms with Crippen molar-refractivity contribution in [2.24, 2.45) is 5.92 Å². The van der Waals surface area contributed by atoms with Crippen LogP contribution >= 0.6 is 0 Å². The molecule has 0 aliphatic carbocycles. The molecule has 40 heavy (non-hydrogen) atoms. The summed E-state index contributed by atoms with van der Waals surface area (Å²) in [6.45, 7) is 8.53. The van der Waals surface area contributed by atoms with Gasteiger partial charge >= 0.3 is 12.1 Å². The van der Waals surface area contributed by atoms with Crippen LogP contribution in [0.3, 0.4) is 0 Å². The first-order valence-corrected chi connectivity index (χ1v) is 14.8. The van der Waals surface area contributed by atoms with Crippen molar-refractivity contribution in [2.45, 2.75) is 96.2 Å². The smallest absolute Gasteiger partial charge is 0.410 e. The predicted molar refractivity (Wildman–Crippen MR) is 153 cm³/mol. The van der Waals surface area contributed by atoms with Crippen molar-refractivity contribution >= 4 is 23.8 Å². The van der Waals surface area contributed by atoms with E-state index in [1.165, 1.54) is 7.11 Å². The van der Waals surface area contributed by atoms with E-state index in [-0.39, 0.29) is 23.8 Å². The quantitative estimate of drug-likeness (QED) is 0.397. The number of nitrogens with one attached hydrogen (secondary N) is 1. The van der Waals surface area contributed by atoms with Crippen LogP contribution in [0.1, 0.15) is 88.9 Å². The maximum atomic E-state index is 13.3. The second kappa shape index (κ2) is 15.2. The maximum Gasteiger partial charge on any atom is 0.410 e. The number of carbonyl (C=O) groups excluding carboxylic acids is 4. The van der Waals surface area contributed by atoms with Crippen molar-refractivity contribution in [1.82, 2.24) is 15.1 Å². The van der Waals surface area contributed by atoms with E-state index in [9.17, 15) is 19.2 Å². The van der Waals surface area contributed by atoms with Gasteiger partial charge in [-0.1, -0.05) is 24.6 Å². The Labute approximate surface area is 238 Å². The highest BCUT2D eigenvalue weighted by Gasteiger charge is 2.31. The van der Waals surface area contributed by atoms with E-state index in [0.29, 0.717) is 50.4 Å². The maximum absolute atomic E-state index is 13.3. The SMILES string of the molecule is COC(=O)C(CCCN1CCCC[C@@H]1C(=O)CCC1CCN(C(=O)OC(C)(C)C)CC1)NC(=O)c1ccccc1. The lowest BCUT2D eigenvalue weighted by atomic mass is 9.88. The highest BCUT2D eigenvalue weighted by molar-refractivity contribution is 5.96. The molecule has 2 aliphatic heterocycles. The molecule has 9 nitrogen and oxygen atoms in total. The van der Waals surface area contributed by atoms with Crippen molar-refractivity contribution < 1.29 is 28.7 Å². The fourth-order valence-electron chi connectivity index (χ4n) is 5.59. The van der Waals surface area contributed by atoms with Gasteiger partial charge in [0.25, 0.3) is 5.91 Å². The predicted octanol–water partition coefficient (Wildman–Crippen LogP) is 4.59. The number of likely N-dealkylation sites (tertiary alicyclic amines) is 2. The Morgan fingerprint density at radius 3 is 2.35 bits per heavy atom. The normalized spacial score (nSPS) is 19.5. The van der Waals surface area contributed by atoms with Crippen molar-refractivity contribution in [1.29, 1.82) is 0 Å². The molecule has 0 aromatic heterocycles. The number of hydrogen-bond donors (Lipinski definition) is 1. The Kier molecular flexibility index (Phi) is 12.0. The molecule has 1 aromatic rings. The van der Waals surface area contributed by atoms with Gasteiger partial charge in [-0.05, 0) is 96.9 Å². The zero-order valence-electron chi connectivity index (χ0n) is 24.7. The Morgan fingerprint density at radius 2 is 1.70 bits per heavy atom. The van der Waals surface area contributed by atoms with Gasteiger partial charge in [-0.2, -0.15) is 0 Å². The lowest BCUT2D eigenvalue weighted by Gasteiger charge is -2.36. The Hall–Kier alpha value is -2.94. The van der Waals surface area contributed by atoms with Crippen molar-refractivity contribution in [2.75, 3.05) is 33.3 Å². The molecule has 3 rings (SSSR count). The van der Waals surface area contributed by atoms with Gasteiger partial charge in [-0.25, -0.2) is 9.59 Å². The molecule has 0 spiro atoms. The van der Waals surface area contributed by atoms with Gasteiger partial charge in [0.2, 0.25) is 0 Å². The van der Waals surface area contributed by atoms with Gasteiger partial charge in [0.1, 0.15) is 17.4 Å². The monoisotopic (exact) mass is 557 g/mol. The number of nitrogens with zero attached hydrogens (tertiary/aromatic N) is 2. The van der Waals surface area contributed by atoms with Crippen molar-refractivity contribution in [3.8, 4) is 0 Å². The zero-order valence-corrected chi connectivity index (χ0v) is 24.7. The number of piperidine rings is 2. The van der Waals surface area contributed by atoms with Gasteiger partial charge in [-0.15, -0.1) is 0 Å². The van der Waals surface area contributed by atoms with E-state index in [4.69, 9.17) is 9.47 Å². The summed E-state index contributed by atoms with van der Waals surface area (Å²) in [6, 6.07) is 7.98. The highest BCUT2D eigenvalue weighted by Crippen LogP contribution is 2.26. The van der Waals surface area contributed by atoms with Crippen LogP contribution in [-0.2, 0) is 19.1 Å². The molecule has 1 unspecified atom stereocenters. The summed E-state index contributed by atoms with van der Waals surface area (Å²) >= 11 is 0. The summed E-state index contributed by atoms with van der Waals surface area (Å²) in [6.07, 6.45) is 7.00. The van der Waals surface area contributed by atoms with Crippen LogP contribution in [0, 0.1) is 5.92 Å². The average Bonchev–Trinajstić information content (AvgIpc) is 2.95. The number of ether oxygens (including phenoxy) is 2. The average molecular weight is 558 g/mol. The Morgan fingerprint density at radius 1 is 1.00 bits per heavy atom. The number of methoxy groups -OCH3 is 1. The molecule has 0 bridgehead atoms. The molecule has 2 atom stereocenters. The molecule has 1 N–H and O–H groups in total. The third-order valence-corrected chi connectivity index (χ3v) is 7.82. The van der Waals surface area contributed by atoms with E-state index in [1.54, 1.807) is 29.2 Å². The Bertz CT molecular complexity index is 985. The number of carbonyl (C=O) groups is 4. The van der Waals surface area contributed by atoms with E-state index >= 15 is 0 Å². The van der Waals surface area contributed by atoms with E-state index in [2.05, 4.69) is 10.2 Å². The topological polar surface area (TPSA) is 105 Å². The molecule has 2 aliphatic rings. The number of rotatable bonds is 11. The number of Topliss-reactive ketones (excluding diaryl/α,β-unsaturated/α-hetero) is 1. The van der Waals surface area contributed by atoms with Gasteiger partial charge in [0.15, 0.2) is 0 Å². The molecule has 0 saturated carbocycles. The summed E-state index contributed by atoms with van der Waals surface area (Å²) in [5, 5.41) is 2.80. The van der Waals surface area contributed by atoms with Crippen molar-refractivity contribution in [3.63, 3.8) is 0 Å². The molecule has 2 amide bonds. The molecule has 2 fully saturated rings. The number of benzene rings is 1. The van der Waals surface area contributed by atoms with Crippen LogP contribution in [-0.4, -0.2) is 84.5 Å². The lowest BCUT2D eigenvalue weighted by molar-refractivity contribution is -0.143. The number of ketones is 1. The van der Waals surface area contributed by atoms with E-state index < -0.39 is 17.6 Å². The standard InChI is InChI=1S/C31H47N3O6/c1-31(2,3)40-30(38)34-21-17-23(18-22-34)15-16-27(35)26-14-8-9-19-33(26)20-10-13-25(29(37)39-4)32-28(36)24-11-6-5-7-12-24/h5-7,11-12,23,25-26H,8-10,13-22H2,1-4H3,(H,32,36)/t25?,26-/m1/s1. The molecule has 0 radical (unpaired) electrons. The molecule has 2 heterocycles. The minimum Gasteiger partial charge on any atom is -0.467 e. The van der Waals surface area contributed by atoms with E-state index in [1.807, 2.05) is 26.8 Å². The highest BCUT2D eigenvalue weighted by atomic mass is 16.6. The van der Waals surface area contributed by atoms with Gasteiger partial charge in [0.05, 0.1) is 13.2 Å². The number of amides is 2. The van der Waals surface area contributed by atoms with Crippen LogP contribution in [0.15, 0.2) is 30.3 Å². The Balaban J connectivity index is 1.44. The summed E-state index contributed by atoms with van der Waals surface area (Å²) in [7, 11) is 1.32. The van der Waals surface area contributed by atoms with Gasteiger partial charge in [0, 0.05) is 25.1 Å². The van der Waals surface area contributed by atoms with Crippen LogP contribution in [0.25, 0.3) is 0 Å². The minimum atomic E-state index is -0.733. The van der Waals surface area contributed by atoms with E-state index in [0.717, 1.165) is 45.1 Å². The van der Waals surface area contributed by atoms with Gasteiger partial charge in [-0.3, -0.25) is 14.5 Å². The number of esters is 1. The molecular formula is C31H47N3O6. The zero-order chi connectivity index (χ0) is 29.1. The molecule has 2 saturated heterocycles. The van der Waals surface area contributed by atoms with Crippen LogP contribution in [0.2, 0.25) is 0 Å². The van der Waals surface area contributed by atoms with Gasteiger partial charge < -0.3 is 19.7 Å². The summed E-state index contributed by atoms with van der Waals surface area (Å²) in [5.41, 5.74) is -0.00340. The van der Waals surface area contributed by atoms with Crippen molar-refractivity contribution in [3.05, 3.63) is 35.9 Å². The third kappa shape index (κ3) is 9.91. The molecule has 222 valence electrons. The fraction of sp³-hybridized carbons (Fsp3) is 0.677. The van der Waals surface area contributed by atoms with Crippen LogP contribution < -0.4 is 5.32 Å². The molecule has 1 aromatic carbocycles. The second-order valence-electron chi connectivity index (χ2n) is 12.0. The first kappa shape index (κ1) is 31.6. The lowest BCUT2D eigenvalue weighted by Crippen LogP contribution is -2.46. The number of hydrogen-bond acceptors (Lipinski definition) is 7. The molecule has 9 heteroatoms. The first-order chi connectivity index (χ1) is 19.1. The fourth-order valence-corrected chi connectivity index (χ4v) is 5.59. The first-order valence-electron chi connectivity index (χ1n) is 14.8. The summed E-state index contributed by atoms with van der Waals surface area (Å²) in [4.78, 5) is 54.6. The largest absolute Gasteiger partial charge is 0.467 e. The second-order valence-corrected chi connectivity index (χ2v) is 12.0. The van der Waals surface area contributed by atoms with Crippen LogP contribution in [0.4, 0.5) is 4.79 Å². The van der Waals surface area contributed by atoms with Crippen LogP contribution in [0.5, 0.6) is 0 Å². The summed E-state index contributed by atoms with van der Waals surface area (Å²) < 4.78 is 10.4.